The topological polar surface area (TPSA) is 113 Å². The highest BCUT2D eigenvalue weighted by Crippen LogP contribution is 2.24. The number of aryl methyl sites for hydroxylation is 1. The van der Waals surface area contributed by atoms with Crippen molar-refractivity contribution in [2.24, 2.45) is 0 Å². The molecule has 2 amide bonds. The average Bonchev–Trinajstić information content (AvgIpc) is 3.36. The van der Waals surface area contributed by atoms with E-state index >= 15 is 0 Å². The van der Waals surface area contributed by atoms with E-state index in [2.05, 4.69) is 19.6 Å². The third-order valence-electron chi connectivity index (χ3n) is 5.19. The van der Waals surface area contributed by atoms with Gasteiger partial charge in [0, 0.05) is 37.7 Å². The van der Waals surface area contributed by atoms with E-state index in [9.17, 15) is 18.0 Å². The summed E-state index contributed by atoms with van der Waals surface area (Å²) in [5.74, 6) is 0.669. The fourth-order valence-corrected chi connectivity index (χ4v) is 4.66. The Labute approximate surface area is 175 Å². The van der Waals surface area contributed by atoms with Gasteiger partial charge in [0.25, 0.3) is 0 Å². The van der Waals surface area contributed by atoms with Gasteiger partial charge in [0.15, 0.2) is 0 Å². The maximum Gasteiger partial charge on any atom is 0.240 e. The normalized spacial score (nSPS) is 17.2. The van der Waals surface area contributed by atoms with E-state index in [4.69, 9.17) is 0 Å². The summed E-state index contributed by atoms with van der Waals surface area (Å²) in [6, 6.07) is 7.59. The van der Waals surface area contributed by atoms with Crippen LogP contribution in [0.2, 0.25) is 0 Å². The van der Waals surface area contributed by atoms with Crippen molar-refractivity contribution < 1.29 is 18.0 Å². The molecule has 1 N–H and O–H groups in total. The lowest BCUT2D eigenvalue weighted by Crippen LogP contribution is -2.29. The highest BCUT2D eigenvalue weighted by Gasteiger charge is 2.30. The minimum absolute atomic E-state index is 0.0320. The molecule has 4 rings (SSSR count). The van der Waals surface area contributed by atoms with Gasteiger partial charge in [-0.1, -0.05) is 0 Å². The maximum atomic E-state index is 12.7. The number of hydrogen-bond acceptors (Lipinski definition) is 7. The highest BCUT2D eigenvalue weighted by molar-refractivity contribution is 7.89. The molecule has 3 heterocycles. The number of nitrogens with one attached hydrogen (secondary N) is 1. The number of aromatic nitrogens is 2. The zero-order valence-electron chi connectivity index (χ0n) is 16.7. The standard InChI is InChI=1S/C20H23N5O4S/c1-14-12-18(24-10-2-3-11-24)23-17(22-14)13-21-30(28,29)16-6-4-15(5-7-16)25-19(26)8-9-20(25)27/h4-7,12,21H,2-3,8-11,13H2,1H3. The fourth-order valence-electron chi connectivity index (χ4n) is 3.68. The van der Waals surface area contributed by atoms with Crippen molar-refractivity contribution in [2.45, 2.75) is 44.0 Å². The van der Waals surface area contributed by atoms with Gasteiger partial charge >= 0.3 is 0 Å². The lowest BCUT2D eigenvalue weighted by molar-refractivity contribution is -0.121. The van der Waals surface area contributed by atoms with E-state index in [0.717, 1.165) is 42.3 Å². The number of carbonyl (C=O) groups excluding carboxylic acids is 2. The summed E-state index contributed by atoms with van der Waals surface area (Å²) >= 11 is 0. The van der Waals surface area contributed by atoms with Gasteiger partial charge in [0.05, 0.1) is 17.1 Å². The Balaban J connectivity index is 1.47. The molecule has 2 saturated heterocycles. The van der Waals surface area contributed by atoms with E-state index < -0.39 is 10.0 Å². The predicted molar refractivity (Wildman–Crippen MR) is 110 cm³/mol. The molecule has 0 bridgehead atoms. The molecular weight excluding hydrogens is 406 g/mol. The number of nitrogens with zero attached hydrogens (tertiary/aromatic N) is 4. The number of rotatable bonds is 6. The van der Waals surface area contributed by atoms with Crippen LogP contribution in [0.3, 0.4) is 0 Å². The van der Waals surface area contributed by atoms with Crippen LogP contribution in [-0.4, -0.2) is 43.3 Å². The van der Waals surface area contributed by atoms with E-state index in [-0.39, 0.29) is 36.1 Å². The van der Waals surface area contributed by atoms with Gasteiger partial charge in [-0.25, -0.2) is 23.1 Å². The van der Waals surface area contributed by atoms with Crippen LogP contribution in [-0.2, 0) is 26.2 Å². The minimum atomic E-state index is -3.80. The number of hydrogen-bond donors (Lipinski definition) is 1. The third-order valence-corrected chi connectivity index (χ3v) is 6.61. The van der Waals surface area contributed by atoms with Crippen molar-refractivity contribution in [1.29, 1.82) is 0 Å². The molecule has 0 aliphatic carbocycles. The Morgan fingerprint density at radius 2 is 1.63 bits per heavy atom. The smallest absolute Gasteiger partial charge is 0.240 e. The number of sulfonamides is 1. The maximum absolute atomic E-state index is 12.7. The monoisotopic (exact) mass is 429 g/mol. The van der Waals surface area contributed by atoms with Gasteiger partial charge in [0.2, 0.25) is 21.8 Å². The number of benzene rings is 1. The van der Waals surface area contributed by atoms with E-state index in [1.165, 1.54) is 24.3 Å². The lowest BCUT2D eigenvalue weighted by Gasteiger charge is -2.17. The summed E-state index contributed by atoms with van der Waals surface area (Å²) in [6.07, 6.45) is 2.60. The first kappa shape index (κ1) is 20.4. The molecule has 2 aromatic rings. The largest absolute Gasteiger partial charge is 0.357 e. The Kier molecular flexibility index (Phi) is 5.52. The molecular formula is C20H23N5O4S. The Morgan fingerprint density at radius 1 is 1.00 bits per heavy atom. The van der Waals surface area contributed by atoms with Gasteiger partial charge in [-0.05, 0) is 44.0 Å². The van der Waals surface area contributed by atoms with Crippen LogP contribution in [0.1, 0.15) is 37.2 Å². The number of carbonyl (C=O) groups is 2. The molecule has 0 radical (unpaired) electrons. The molecule has 2 fully saturated rings. The van der Waals surface area contributed by atoms with Crippen molar-refractivity contribution in [3.05, 3.63) is 41.9 Å². The molecule has 0 spiro atoms. The van der Waals surface area contributed by atoms with Crippen molar-refractivity contribution in [2.75, 3.05) is 22.9 Å². The second kappa shape index (κ2) is 8.11. The molecule has 2 aliphatic heterocycles. The van der Waals surface area contributed by atoms with E-state index in [1.807, 2.05) is 13.0 Å². The van der Waals surface area contributed by atoms with Crippen LogP contribution in [0.15, 0.2) is 35.2 Å². The summed E-state index contributed by atoms with van der Waals surface area (Å²) in [7, 11) is -3.80. The minimum Gasteiger partial charge on any atom is -0.357 e. The van der Waals surface area contributed by atoms with Gasteiger partial charge in [-0.3, -0.25) is 14.5 Å². The zero-order valence-corrected chi connectivity index (χ0v) is 17.5. The van der Waals surface area contributed by atoms with Crippen LogP contribution in [0.5, 0.6) is 0 Å². The van der Waals surface area contributed by atoms with Crippen LogP contribution in [0.4, 0.5) is 11.5 Å². The molecule has 1 aromatic heterocycles. The Bertz CT molecular complexity index is 1060. The molecule has 30 heavy (non-hydrogen) atoms. The summed E-state index contributed by atoms with van der Waals surface area (Å²) in [5, 5.41) is 0. The first-order valence-corrected chi connectivity index (χ1v) is 11.4. The van der Waals surface area contributed by atoms with E-state index in [1.54, 1.807) is 0 Å². The highest BCUT2D eigenvalue weighted by atomic mass is 32.2. The zero-order chi connectivity index (χ0) is 21.3. The average molecular weight is 430 g/mol. The molecule has 158 valence electrons. The number of imide groups is 1. The van der Waals surface area contributed by atoms with Gasteiger partial charge in [-0.2, -0.15) is 0 Å². The third kappa shape index (κ3) is 4.19. The van der Waals surface area contributed by atoms with Crippen molar-refractivity contribution >= 4 is 33.3 Å². The predicted octanol–water partition coefficient (Wildman–Crippen LogP) is 1.52. The van der Waals surface area contributed by atoms with Crippen LogP contribution in [0, 0.1) is 6.92 Å². The van der Waals surface area contributed by atoms with Crippen molar-refractivity contribution in [3.63, 3.8) is 0 Å². The van der Waals surface area contributed by atoms with Gasteiger partial charge in [-0.15, -0.1) is 0 Å². The SMILES string of the molecule is Cc1cc(N2CCCC2)nc(CNS(=O)(=O)c2ccc(N3C(=O)CCC3=O)cc2)n1. The number of anilines is 2. The van der Waals surface area contributed by atoms with Crippen molar-refractivity contribution in [1.82, 2.24) is 14.7 Å². The Morgan fingerprint density at radius 3 is 2.27 bits per heavy atom. The second-order valence-corrected chi connectivity index (χ2v) is 9.19. The lowest BCUT2D eigenvalue weighted by atomic mass is 10.3. The molecule has 0 unspecified atom stereocenters. The first-order valence-electron chi connectivity index (χ1n) is 9.88. The van der Waals surface area contributed by atoms with Crippen LogP contribution >= 0.6 is 0 Å². The molecule has 0 saturated carbocycles. The Hall–Kier alpha value is -2.85. The van der Waals surface area contributed by atoms with Crippen molar-refractivity contribution in [3.8, 4) is 0 Å². The first-order chi connectivity index (χ1) is 14.3. The van der Waals surface area contributed by atoms with E-state index in [0.29, 0.717) is 11.5 Å². The fraction of sp³-hybridized carbons (Fsp3) is 0.400. The number of amides is 2. The summed E-state index contributed by atoms with van der Waals surface area (Å²) in [5.41, 5.74) is 1.16. The van der Waals surface area contributed by atoms with Crippen LogP contribution < -0.4 is 14.5 Å². The molecule has 1 aromatic carbocycles. The summed E-state index contributed by atoms with van der Waals surface area (Å²) < 4.78 is 27.9. The quantitative estimate of drug-likeness (QED) is 0.693. The van der Waals surface area contributed by atoms with Crippen LogP contribution in [0.25, 0.3) is 0 Å². The molecule has 0 atom stereocenters. The molecule has 2 aliphatic rings. The summed E-state index contributed by atoms with van der Waals surface area (Å²) in [6.45, 7) is 3.71. The second-order valence-electron chi connectivity index (χ2n) is 7.42. The molecule has 9 nitrogen and oxygen atoms in total. The summed E-state index contributed by atoms with van der Waals surface area (Å²) in [4.78, 5) is 35.8. The van der Waals surface area contributed by atoms with Gasteiger partial charge < -0.3 is 4.90 Å². The molecule has 10 heteroatoms. The van der Waals surface area contributed by atoms with Gasteiger partial charge in [0.1, 0.15) is 11.6 Å².